The number of allylic oxidation sites excluding steroid dienone is 2. The monoisotopic (exact) mass is 497 g/mol. The van der Waals surface area contributed by atoms with Gasteiger partial charge in [-0.05, 0) is 98.9 Å². The normalized spacial score (nSPS) is 12.9. The summed E-state index contributed by atoms with van der Waals surface area (Å²) in [5.41, 5.74) is 9.22. The van der Waals surface area contributed by atoms with Crippen LogP contribution in [-0.4, -0.2) is 25.6 Å². The Hall–Kier alpha value is -3.42. The fourth-order valence-electron chi connectivity index (χ4n) is 4.70. The van der Waals surface area contributed by atoms with E-state index in [-0.39, 0.29) is 6.04 Å². The van der Waals surface area contributed by atoms with Crippen molar-refractivity contribution < 1.29 is 4.74 Å². The van der Waals surface area contributed by atoms with E-state index in [4.69, 9.17) is 9.73 Å². The maximum atomic E-state index is 9.50. The molecule has 0 unspecified atom stereocenters. The number of hydrogen-bond donors (Lipinski definition) is 1. The average Bonchev–Trinajstić information content (AvgIpc) is 2.88. The van der Waals surface area contributed by atoms with Gasteiger partial charge in [-0.25, -0.2) is 0 Å². The number of benzene rings is 2. The van der Waals surface area contributed by atoms with Crippen LogP contribution in [0.5, 0.6) is 0 Å². The number of rotatable bonds is 13. The van der Waals surface area contributed by atoms with Crippen LogP contribution in [0.15, 0.2) is 61.1 Å². The van der Waals surface area contributed by atoms with Gasteiger partial charge in [0.05, 0.1) is 30.3 Å². The highest BCUT2D eigenvalue weighted by Crippen LogP contribution is 2.30. The third-order valence-corrected chi connectivity index (χ3v) is 6.95. The second-order valence-electron chi connectivity index (χ2n) is 9.73. The molecular formula is C33H43N3O. The maximum absolute atomic E-state index is 9.50. The Morgan fingerprint density at radius 3 is 2.51 bits per heavy atom. The molecule has 0 aliphatic heterocycles. The highest BCUT2D eigenvalue weighted by atomic mass is 16.5. The van der Waals surface area contributed by atoms with Crippen molar-refractivity contribution in [2.45, 2.75) is 72.4 Å². The lowest BCUT2D eigenvalue weighted by Gasteiger charge is -2.23. The largest absolute Gasteiger partial charge is 0.381 e. The molecule has 0 radical (unpaired) electrons. The van der Waals surface area contributed by atoms with E-state index in [2.05, 4.69) is 70.1 Å². The molecular weight excluding hydrogens is 454 g/mol. The summed E-state index contributed by atoms with van der Waals surface area (Å²) in [6.07, 6.45) is 6.07. The maximum Gasteiger partial charge on any atom is 0.129 e. The molecule has 0 heterocycles. The van der Waals surface area contributed by atoms with E-state index < -0.39 is 0 Å². The smallest absolute Gasteiger partial charge is 0.129 e. The fraction of sp³-hybridized carbons (Fsp3) is 0.394. The number of aryl methyl sites for hydroxylation is 1. The van der Waals surface area contributed by atoms with Gasteiger partial charge in [-0.2, -0.15) is 5.26 Å². The SMILES string of the molecule is C=CC/N=C(/N[C@H](C)c1cccc(C#N)c1C)c1cc(C(=C)CCC[C@H](CC)OC)c(C)cc1C(=C)C. The predicted molar refractivity (Wildman–Crippen MR) is 159 cm³/mol. The summed E-state index contributed by atoms with van der Waals surface area (Å²) in [5.74, 6) is 0.784. The van der Waals surface area contributed by atoms with Gasteiger partial charge in [-0.3, -0.25) is 4.99 Å². The van der Waals surface area contributed by atoms with Gasteiger partial charge in [0.15, 0.2) is 0 Å². The first-order valence-electron chi connectivity index (χ1n) is 13.1. The van der Waals surface area contributed by atoms with Gasteiger partial charge in [0.25, 0.3) is 0 Å². The minimum atomic E-state index is -0.0530. The lowest BCUT2D eigenvalue weighted by Crippen LogP contribution is -2.29. The topological polar surface area (TPSA) is 57.4 Å². The Morgan fingerprint density at radius 1 is 1.19 bits per heavy atom. The molecule has 4 heteroatoms. The van der Waals surface area contributed by atoms with Crippen molar-refractivity contribution in [3.05, 3.63) is 95.1 Å². The number of methoxy groups -OCH3 is 1. The quantitative estimate of drug-likeness (QED) is 0.173. The van der Waals surface area contributed by atoms with E-state index in [1.54, 1.807) is 13.2 Å². The molecule has 0 fully saturated rings. The second kappa shape index (κ2) is 14.4. The van der Waals surface area contributed by atoms with Crippen molar-refractivity contribution in [1.82, 2.24) is 5.32 Å². The van der Waals surface area contributed by atoms with Crippen LogP contribution < -0.4 is 5.32 Å². The standard InChI is InChI=1S/C33H43N3O/c1-10-18-35-33(36-26(8)29-17-13-15-27(21-34)25(29)7)32-20-31(24(6)19-30(32)22(3)4)23(5)14-12-16-28(11-2)37-9/h10,13,15,17,19-20,26,28H,1,3,5,11-12,14,16,18H2,2,4,6-9H3,(H,35,36)/t26-,28+/m1/s1. The molecule has 0 spiro atoms. The summed E-state index contributed by atoms with van der Waals surface area (Å²) in [6.45, 7) is 23.5. The van der Waals surface area contributed by atoms with Gasteiger partial charge in [0, 0.05) is 12.7 Å². The van der Waals surface area contributed by atoms with Gasteiger partial charge < -0.3 is 10.1 Å². The molecule has 37 heavy (non-hydrogen) atoms. The third-order valence-electron chi connectivity index (χ3n) is 6.95. The molecule has 4 nitrogen and oxygen atoms in total. The first-order chi connectivity index (χ1) is 17.7. The third kappa shape index (κ3) is 7.78. The number of amidine groups is 1. The Morgan fingerprint density at radius 2 is 1.92 bits per heavy atom. The first kappa shape index (κ1) is 29.8. The van der Waals surface area contributed by atoms with Crippen LogP contribution in [-0.2, 0) is 4.74 Å². The van der Waals surface area contributed by atoms with Gasteiger partial charge >= 0.3 is 0 Å². The summed E-state index contributed by atoms with van der Waals surface area (Å²) >= 11 is 0. The van der Waals surface area contributed by atoms with Crippen LogP contribution in [0, 0.1) is 25.2 Å². The summed E-state index contributed by atoms with van der Waals surface area (Å²) < 4.78 is 5.55. The van der Waals surface area contributed by atoms with Crippen molar-refractivity contribution in [1.29, 1.82) is 5.26 Å². The molecule has 2 rings (SSSR count). The Balaban J connectivity index is 2.48. The molecule has 0 aromatic heterocycles. The lowest BCUT2D eigenvalue weighted by molar-refractivity contribution is 0.0908. The highest BCUT2D eigenvalue weighted by molar-refractivity contribution is 6.04. The lowest BCUT2D eigenvalue weighted by atomic mass is 9.89. The molecule has 0 amide bonds. The van der Waals surface area contributed by atoms with Gasteiger partial charge in [-0.1, -0.05) is 49.9 Å². The number of hydrogen-bond acceptors (Lipinski definition) is 3. The fourth-order valence-corrected chi connectivity index (χ4v) is 4.70. The zero-order chi connectivity index (χ0) is 27.5. The van der Waals surface area contributed by atoms with Crippen LogP contribution in [0.4, 0.5) is 0 Å². The molecule has 0 bridgehead atoms. The zero-order valence-corrected chi connectivity index (χ0v) is 23.6. The van der Waals surface area contributed by atoms with Gasteiger partial charge in [0.1, 0.15) is 5.84 Å². The molecule has 0 saturated heterocycles. The summed E-state index contributed by atoms with van der Waals surface area (Å²) in [4.78, 5) is 4.87. The van der Waals surface area contributed by atoms with E-state index in [9.17, 15) is 5.26 Å². The van der Waals surface area contributed by atoms with Crippen LogP contribution in [0.25, 0.3) is 11.1 Å². The van der Waals surface area contributed by atoms with Crippen LogP contribution in [0.3, 0.4) is 0 Å². The minimum Gasteiger partial charge on any atom is -0.381 e. The van der Waals surface area contributed by atoms with Gasteiger partial charge in [-0.15, -0.1) is 6.58 Å². The highest BCUT2D eigenvalue weighted by Gasteiger charge is 2.19. The van der Waals surface area contributed by atoms with E-state index in [1.165, 1.54) is 5.56 Å². The van der Waals surface area contributed by atoms with E-state index in [1.807, 2.05) is 26.0 Å². The minimum absolute atomic E-state index is 0.0530. The Kier molecular flexibility index (Phi) is 11.6. The Labute approximate surface area is 224 Å². The first-order valence-corrected chi connectivity index (χ1v) is 13.1. The van der Waals surface area contributed by atoms with Gasteiger partial charge in [0.2, 0.25) is 0 Å². The predicted octanol–water partition coefficient (Wildman–Crippen LogP) is 8.10. The van der Waals surface area contributed by atoms with Crippen molar-refractivity contribution in [2.75, 3.05) is 13.7 Å². The number of nitriles is 1. The number of ether oxygens (including phenoxy) is 1. The molecule has 0 saturated carbocycles. The number of nitrogens with one attached hydrogen (secondary N) is 1. The summed E-state index contributed by atoms with van der Waals surface area (Å²) in [6, 6.07) is 12.5. The van der Waals surface area contributed by atoms with Crippen molar-refractivity contribution >= 4 is 17.0 Å². The van der Waals surface area contributed by atoms with Crippen LogP contribution in [0.2, 0.25) is 0 Å². The molecule has 2 aromatic rings. The van der Waals surface area contributed by atoms with Crippen LogP contribution in [0.1, 0.15) is 91.4 Å². The Bertz CT molecular complexity index is 1190. The van der Waals surface area contributed by atoms with Crippen LogP contribution >= 0.6 is 0 Å². The van der Waals surface area contributed by atoms with E-state index in [0.29, 0.717) is 18.2 Å². The number of nitrogens with zero attached hydrogens (tertiary/aromatic N) is 2. The molecule has 196 valence electrons. The van der Waals surface area contributed by atoms with E-state index >= 15 is 0 Å². The molecule has 2 atom stereocenters. The second-order valence-corrected chi connectivity index (χ2v) is 9.73. The molecule has 0 aliphatic rings. The summed E-state index contributed by atoms with van der Waals surface area (Å²) in [7, 11) is 1.78. The van der Waals surface area contributed by atoms with Crippen molar-refractivity contribution in [3.63, 3.8) is 0 Å². The van der Waals surface area contributed by atoms with Crippen molar-refractivity contribution in [3.8, 4) is 6.07 Å². The van der Waals surface area contributed by atoms with Crippen molar-refractivity contribution in [2.24, 2.45) is 4.99 Å². The van der Waals surface area contributed by atoms with E-state index in [0.717, 1.165) is 70.5 Å². The molecule has 1 N–H and O–H groups in total. The number of aliphatic imine (C=N–C) groups is 1. The average molecular weight is 498 g/mol. The zero-order valence-electron chi connectivity index (χ0n) is 23.6. The summed E-state index contributed by atoms with van der Waals surface area (Å²) in [5, 5.41) is 13.1. The molecule has 0 aliphatic carbocycles. The molecule has 2 aromatic carbocycles.